The maximum atomic E-state index is 5.61. The highest BCUT2D eigenvalue weighted by Crippen LogP contribution is 2.24. The van der Waals surface area contributed by atoms with Gasteiger partial charge in [-0.05, 0) is 17.9 Å². The van der Waals surface area contributed by atoms with E-state index in [0.717, 1.165) is 13.1 Å². The molecule has 1 aromatic carbocycles. The molecule has 2 rings (SSSR count). The predicted octanol–water partition coefficient (Wildman–Crippen LogP) is 2.12. The largest absolute Gasteiger partial charge is 0.329 e. The molecule has 0 amide bonds. The molecule has 1 heterocycles. The minimum Gasteiger partial charge on any atom is -0.329 e. The zero-order valence-corrected chi connectivity index (χ0v) is 9.74. The summed E-state index contributed by atoms with van der Waals surface area (Å²) < 4.78 is 0. The number of rotatable bonds is 2. The molecule has 3 N–H and O–H groups in total. The molecule has 2 heteroatoms. The first-order valence-electron chi connectivity index (χ1n) is 5.88. The Bertz CT molecular complexity index is 258. The quantitative estimate of drug-likeness (QED) is 0.778. The van der Waals surface area contributed by atoms with Crippen LogP contribution in [0.2, 0.25) is 0 Å². The van der Waals surface area contributed by atoms with Crippen molar-refractivity contribution in [2.45, 2.75) is 32.2 Å². The van der Waals surface area contributed by atoms with E-state index in [4.69, 9.17) is 5.73 Å². The van der Waals surface area contributed by atoms with Gasteiger partial charge in [0.15, 0.2) is 0 Å². The number of hydrogen-bond acceptors (Lipinski definition) is 2. The highest BCUT2D eigenvalue weighted by Gasteiger charge is 2.23. The molecule has 2 atom stereocenters. The molecule has 0 spiro atoms. The van der Waals surface area contributed by atoms with Crippen molar-refractivity contribution in [2.24, 2.45) is 5.73 Å². The minimum absolute atomic E-state index is 0.519. The van der Waals surface area contributed by atoms with Gasteiger partial charge in [-0.1, -0.05) is 44.2 Å². The lowest BCUT2D eigenvalue weighted by Crippen LogP contribution is -2.29. The number of nitrogens with one attached hydrogen (secondary N) is 1. The van der Waals surface area contributed by atoms with E-state index in [9.17, 15) is 0 Å². The second-order valence-corrected chi connectivity index (χ2v) is 3.68. The minimum atomic E-state index is 0.519. The van der Waals surface area contributed by atoms with Crippen LogP contribution in [0.5, 0.6) is 0 Å². The van der Waals surface area contributed by atoms with Crippen molar-refractivity contribution in [3.63, 3.8) is 0 Å². The standard InChI is InChI=1S/C11H16N2.C2H6/c12-7-11-6-10(8-13-11)9-4-2-1-3-5-9;1-2/h1-5,10-11,13H,6-8,12H2;1-2H3. The summed E-state index contributed by atoms with van der Waals surface area (Å²) in [7, 11) is 0. The smallest absolute Gasteiger partial charge is 0.0196 e. The van der Waals surface area contributed by atoms with Crippen LogP contribution in [-0.2, 0) is 0 Å². The van der Waals surface area contributed by atoms with E-state index in [1.165, 1.54) is 12.0 Å². The Morgan fingerprint density at radius 3 is 2.47 bits per heavy atom. The molecule has 2 nitrogen and oxygen atoms in total. The van der Waals surface area contributed by atoms with Gasteiger partial charge in [0.05, 0.1) is 0 Å². The first-order valence-corrected chi connectivity index (χ1v) is 5.88. The fourth-order valence-electron chi connectivity index (χ4n) is 1.98. The van der Waals surface area contributed by atoms with E-state index in [0.29, 0.717) is 12.0 Å². The van der Waals surface area contributed by atoms with Gasteiger partial charge in [-0.15, -0.1) is 0 Å². The van der Waals surface area contributed by atoms with Crippen molar-refractivity contribution >= 4 is 0 Å². The highest BCUT2D eigenvalue weighted by atomic mass is 15.0. The number of benzene rings is 1. The molecule has 0 saturated carbocycles. The molecule has 0 radical (unpaired) electrons. The van der Waals surface area contributed by atoms with E-state index in [1.54, 1.807) is 0 Å². The summed E-state index contributed by atoms with van der Waals surface area (Å²) in [5.41, 5.74) is 7.05. The topological polar surface area (TPSA) is 38.0 Å². The van der Waals surface area contributed by atoms with Crippen molar-refractivity contribution in [1.29, 1.82) is 0 Å². The second-order valence-electron chi connectivity index (χ2n) is 3.68. The van der Waals surface area contributed by atoms with Crippen LogP contribution < -0.4 is 11.1 Å². The average molecular weight is 206 g/mol. The van der Waals surface area contributed by atoms with Gasteiger partial charge >= 0.3 is 0 Å². The maximum absolute atomic E-state index is 5.61. The van der Waals surface area contributed by atoms with Crippen LogP contribution >= 0.6 is 0 Å². The molecule has 2 unspecified atom stereocenters. The van der Waals surface area contributed by atoms with Crippen LogP contribution in [0.4, 0.5) is 0 Å². The lowest BCUT2D eigenvalue weighted by molar-refractivity contribution is 0.611. The van der Waals surface area contributed by atoms with Crippen molar-refractivity contribution in [3.8, 4) is 0 Å². The Balaban J connectivity index is 0.000000531. The SMILES string of the molecule is CC.NCC1CC(c2ccccc2)CN1. The van der Waals surface area contributed by atoms with Crippen molar-refractivity contribution in [2.75, 3.05) is 13.1 Å². The van der Waals surface area contributed by atoms with Crippen LogP contribution in [0.1, 0.15) is 31.7 Å². The van der Waals surface area contributed by atoms with Crippen LogP contribution in [0.3, 0.4) is 0 Å². The Labute approximate surface area is 92.9 Å². The average Bonchev–Trinajstić information content (AvgIpc) is 2.81. The summed E-state index contributed by atoms with van der Waals surface area (Å²) in [5, 5.41) is 3.43. The Morgan fingerprint density at radius 2 is 1.93 bits per heavy atom. The molecule has 1 aliphatic heterocycles. The third-order valence-electron chi connectivity index (χ3n) is 2.78. The molecule has 1 aliphatic rings. The van der Waals surface area contributed by atoms with Crippen LogP contribution in [0, 0.1) is 0 Å². The highest BCUT2D eigenvalue weighted by molar-refractivity contribution is 5.21. The molecule has 1 aromatic rings. The summed E-state index contributed by atoms with van der Waals surface area (Å²) in [6, 6.07) is 11.2. The Hall–Kier alpha value is -0.860. The summed E-state index contributed by atoms with van der Waals surface area (Å²) in [4.78, 5) is 0. The molecule has 0 bridgehead atoms. The van der Waals surface area contributed by atoms with Gasteiger partial charge in [0.1, 0.15) is 0 Å². The fraction of sp³-hybridized carbons (Fsp3) is 0.538. The van der Waals surface area contributed by atoms with Gasteiger partial charge in [0, 0.05) is 19.1 Å². The third-order valence-corrected chi connectivity index (χ3v) is 2.78. The van der Waals surface area contributed by atoms with E-state index < -0.39 is 0 Å². The summed E-state index contributed by atoms with van der Waals surface area (Å²) >= 11 is 0. The molecule has 1 saturated heterocycles. The summed E-state index contributed by atoms with van der Waals surface area (Å²) in [6.45, 7) is 5.83. The van der Waals surface area contributed by atoms with E-state index in [1.807, 2.05) is 13.8 Å². The van der Waals surface area contributed by atoms with Gasteiger partial charge in [0.2, 0.25) is 0 Å². The van der Waals surface area contributed by atoms with Gasteiger partial charge in [-0.25, -0.2) is 0 Å². The lowest BCUT2D eigenvalue weighted by atomic mass is 9.96. The molecular formula is C13H22N2. The normalized spacial score (nSPS) is 24.5. The Kier molecular flexibility index (Phi) is 5.37. The van der Waals surface area contributed by atoms with Gasteiger partial charge < -0.3 is 11.1 Å². The van der Waals surface area contributed by atoms with Crippen molar-refractivity contribution < 1.29 is 0 Å². The van der Waals surface area contributed by atoms with E-state index >= 15 is 0 Å². The second kappa shape index (κ2) is 6.59. The third kappa shape index (κ3) is 3.33. The van der Waals surface area contributed by atoms with Crippen molar-refractivity contribution in [1.82, 2.24) is 5.32 Å². The molecule has 1 fully saturated rings. The van der Waals surface area contributed by atoms with Crippen molar-refractivity contribution in [3.05, 3.63) is 35.9 Å². The van der Waals surface area contributed by atoms with Crippen LogP contribution in [0.25, 0.3) is 0 Å². The van der Waals surface area contributed by atoms with Crippen LogP contribution in [-0.4, -0.2) is 19.1 Å². The molecule has 0 aliphatic carbocycles. The van der Waals surface area contributed by atoms with Gasteiger partial charge in [0.25, 0.3) is 0 Å². The summed E-state index contributed by atoms with van der Waals surface area (Å²) in [5.74, 6) is 0.662. The Morgan fingerprint density at radius 1 is 1.27 bits per heavy atom. The zero-order valence-electron chi connectivity index (χ0n) is 9.74. The molecular weight excluding hydrogens is 184 g/mol. The predicted molar refractivity (Wildman–Crippen MR) is 66.0 cm³/mol. The fourth-order valence-corrected chi connectivity index (χ4v) is 1.98. The monoisotopic (exact) mass is 206 g/mol. The lowest BCUT2D eigenvalue weighted by Gasteiger charge is -2.08. The molecule has 84 valence electrons. The van der Waals surface area contributed by atoms with Gasteiger partial charge in [-0.2, -0.15) is 0 Å². The van der Waals surface area contributed by atoms with E-state index in [-0.39, 0.29) is 0 Å². The van der Waals surface area contributed by atoms with Gasteiger partial charge in [-0.3, -0.25) is 0 Å². The van der Waals surface area contributed by atoms with E-state index in [2.05, 4.69) is 35.6 Å². The number of nitrogens with two attached hydrogens (primary N) is 1. The first-order chi connectivity index (χ1) is 7.40. The molecule has 15 heavy (non-hydrogen) atoms. The summed E-state index contributed by atoms with van der Waals surface area (Å²) in [6.07, 6.45) is 1.18. The molecule has 0 aromatic heterocycles. The maximum Gasteiger partial charge on any atom is 0.0196 e. The zero-order chi connectivity index (χ0) is 11.1. The van der Waals surface area contributed by atoms with Crippen LogP contribution in [0.15, 0.2) is 30.3 Å². The first kappa shape index (κ1) is 12.2. The number of hydrogen-bond donors (Lipinski definition) is 2.